The summed E-state index contributed by atoms with van der Waals surface area (Å²) in [6.07, 6.45) is 3.80. The number of hydrogen-bond donors (Lipinski definition) is 1. The van der Waals surface area contributed by atoms with E-state index in [2.05, 4.69) is 46.1 Å². The Balaban J connectivity index is 1.44. The molecule has 7 heteroatoms. The van der Waals surface area contributed by atoms with Gasteiger partial charge in [-0.25, -0.2) is 9.79 Å². The quantitative estimate of drug-likeness (QED) is 0.629. The first kappa shape index (κ1) is 19.9. The van der Waals surface area contributed by atoms with Gasteiger partial charge in [0.15, 0.2) is 6.04 Å². The molecule has 2 atom stereocenters. The van der Waals surface area contributed by atoms with Crippen LogP contribution in [0, 0.1) is 0 Å². The number of nitrogens with one attached hydrogen (secondary N) is 1. The van der Waals surface area contributed by atoms with Crippen LogP contribution in [0.25, 0.3) is 17.0 Å². The van der Waals surface area contributed by atoms with E-state index in [9.17, 15) is 4.79 Å². The standard InChI is InChI=1S/C25H22N4O3/c1-3-29-18(11-8-16-6-4-5-7-20(16)29)12-15-21-26-23-22(27-25(30)28-24(23)32-21)17-9-13-19(31-2)14-10-17/h4-15,22-23H,3H2,1-2H3/p+1/b15-12+. The minimum absolute atomic E-state index is 0.316. The largest absolute Gasteiger partial charge is 0.497 e. The molecule has 160 valence electrons. The van der Waals surface area contributed by atoms with E-state index in [-0.39, 0.29) is 6.04 Å². The Morgan fingerprint density at radius 3 is 2.69 bits per heavy atom. The maximum absolute atomic E-state index is 12.1. The predicted octanol–water partition coefficient (Wildman–Crippen LogP) is 3.83. The van der Waals surface area contributed by atoms with Gasteiger partial charge in [-0.2, -0.15) is 9.56 Å². The molecule has 5 rings (SSSR count). The van der Waals surface area contributed by atoms with Gasteiger partial charge in [-0.05, 0) is 36.8 Å². The number of aliphatic imine (C=N–C) groups is 2. The van der Waals surface area contributed by atoms with Gasteiger partial charge in [-0.3, -0.25) is 0 Å². The van der Waals surface area contributed by atoms with E-state index in [0.717, 1.165) is 23.6 Å². The Labute approximate surface area is 185 Å². The van der Waals surface area contributed by atoms with Crippen LogP contribution < -0.4 is 14.6 Å². The van der Waals surface area contributed by atoms with Crippen molar-refractivity contribution in [3.8, 4) is 5.75 Å². The van der Waals surface area contributed by atoms with Gasteiger partial charge < -0.3 is 14.8 Å². The summed E-state index contributed by atoms with van der Waals surface area (Å²) < 4.78 is 13.3. The number of hydrogen-bond acceptors (Lipinski definition) is 4. The predicted molar refractivity (Wildman–Crippen MR) is 123 cm³/mol. The fourth-order valence-electron chi connectivity index (χ4n) is 4.12. The first-order valence-corrected chi connectivity index (χ1v) is 10.5. The van der Waals surface area contributed by atoms with Gasteiger partial charge in [-0.15, -0.1) is 0 Å². The fraction of sp³-hybridized carbons (Fsp3) is 0.200. The second kappa shape index (κ2) is 8.26. The van der Waals surface area contributed by atoms with E-state index >= 15 is 0 Å². The number of ether oxygens (including phenoxy) is 2. The average molecular weight is 427 g/mol. The summed E-state index contributed by atoms with van der Waals surface area (Å²) in [5.41, 5.74) is 3.11. The summed E-state index contributed by atoms with van der Waals surface area (Å²) in [5, 5.41) is 4.08. The van der Waals surface area contributed by atoms with Crippen LogP contribution in [0.5, 0.6) is 5.75 Å². The SMILES string of the molecule is CC[n+]1c(/C=C/C2=NC3C(=NC(=O)NC3c3ccc(OC)cc3)O2)ccc2ccccc21. The number of fused-ring (bicyclic) bond motifs is 2. The molecule has 3 aromatic rings. The monoisotopic (exact) mass is 427 g/mol. The number of pyridine rings is 1. The number of urea groups is 1. The van der Waals surface area contributed by atoms with E-state index in [1.165, 1.54) is 10.9 Å². The summed E-state index contributed by atoms with van der Waals surface area (Å²) in [4.78, 5) is 20.8. The lowest BCUT2D eigenvalue weighted by Gasteiger charge is -2.25. The fourth-order valence-corrected chi connectivity index (χ4v) is 4.12. The first-order valence-electron chi connectivity index (χ1n) is 10.5. The molecule has 2 aromatic carbocycles. The highest BCUT2D eigenvalue weighted by Gasteiger charge is 2.39. The number of carbonyl (C=O) groups excluding carboxylic acids is 1. The van der Waals surface area contributed by atoms with Crippen molar-refractivity contribution in [2.24, 2.45) is 9.98 Å². The summed E-state index contributed by atoms with van der Waals surface area (Å²) >= 11 is 0. The normalized spacial score (nSPS) is 19.9. The van der Waals surface area contributed by atoms with Gasteiger partial charge in [0, 0.05) is 29.7 Å². The van der Waals surface area contributed by atoms with E-state index in [1.807, 2.05) is 48.6 Å². The molecule has 0 bridgehead atoms. The van der Waals surface area contributed by atoms with E-state index in [4.69, 9.17) is 14.5 Å². The lowest BCUT2D eigenvalue weighted by Crippen LogP contribution is -2.42. The van der Waals surface area contributed by atoms with Crippen molar-refractivity contribution < 1.29 is 18.8 Å². The first-order chi connectivity index (χ1) is 15.7. The summed E-state index contributed by atoms with van der Waals surface area (Å²) in [7, 11) is 1.62. The van der Waals surface area contributed by atoms with Gasteiger partial charge >= 0.3 is 6.03 Å². The van der Waals surface area contributed by atoms with Gasteiger partial charge in [0.1, 0.15) is 12.3 Å². The molecular weight excluding hydrogens is 404 g/mol. The molecule has 1 N–H and O–H groups in total. The number of nitrogens with zero attached hydrogens (tertiary/aromatic N) is 3. The minimum atomic E-state index is -0.434. The highest BCUT2D eigenvalue weighted by molar-refractivity contribution is 6.10. The van der Waals surface area contributed by atoms with Crippen LogP contribution >= 0.6 is 0 Å². The van der Waals surface area contributed by atoms with Crippen LogP contribution in [-0.2, 0) is 11.3 Å². The summed E-state index contributed by atoms with van der Waals surface area (Å²) in [5.74, 6) is 1.50. The van der Waals surface area contributed by atoms with Gasteiger partial charge in [0.2, 0.25) is 23.0 Å². The van der Waals surface area contributed by atoms with Gasteiger partial charge in [0.25, 0.3) is 0 Å². The molecule has 32 heavy (non-hydrogen) atoms. The van der Waals surface area contributed by atoms with E-state index in [0.29, 0.717) is 11.8 Å². The topological polar surface area (TPSA) is 76.2 Å². The number of methoxy groups -OCH3 is 1. The Morgan fingerprint density at radius 2 is 1.91 bits per heavy atom. The highest BCUT2D eigenvalue weighted by Crippen LogP contribution is 2.29. The maximum atomic E-state index is 12.1. The van der Waals surface area contributed by atoms with Gasteiger partial charge in [0.05, 0.1) is 13.2 Å². The van der Waals surface area contributed by atoms with Crippen LogP contribution in [0.3, 0.4) is 0 Å². The molecule has 0 aliphatic carbocycles. The van der Waals surface area contributed by atoms with Crippen molar-refractivity contribution in [1.82, 2.24) is 5.32 Å². The molecule has 0 spiro atoms. The number of aromatic nitrogens is 1. The Morgan fingerprint density at radius 1 is 1.09 bits per heavy atom. The lowest BCUT2D eigenvalue weighted by atomic mass is 9.98. The van der Waals surface area contributed by atoms with Crippen LogP contribution in [0.2, 0.25) is 0 Å². The zero-order chi connectivity index (χ0) is 22.1. The Bertz CT molecular complexity index is 1280. The number of aryl methyl sites for hydroxylation is 1. The smallest absolute Gasteiger partial charge is 0.344 e. The Kier molecular flexibility index (Phi) is 5.15. The third-order valence-electron chi connectivity index (χ3n) is 5.70. The minimum Gasteiger partial charge on any atom is -0.497 e. The third kappa shape index (κ3) is 3.62. The maximum Gasteiger partial charge on any atom is 0.344 e. The molecule has 0 saturated carbocycles. The molecule has 1 aromatic heterocycles. The second-order valence-corrected chi connectivity index (χ2v) is 7.56. The van der Waals surface area contributed by atoms with Crippen molar-refractivity contribution in [3.63, 3.8) is 0 Å². The van der Waals surface area contributed by atoms with Crippen molar-refractivity contribution in [2.75, 3.05) is 7.11 Å². The molecule has 0 fully saturated rings. The average Bonchev–Trinajstić information content (AvgIpc) is 3.24. The second-order valence-electron chi connectivity index (χ2n) is 7.56. The molecule has 0 saturated heterocycles. The molecular formula is C25H23N4O3+. The van der Waals surface area contributed by atoms with Crippen LogP contribution in [0.1, 0.15) is 24.2 Å². The summed E-state index contributed by atoms with van der Waals surface area (Å²) in [6, 6.07) is 18.8. The number of rotatable bonds is 5. The molecule has 2 unspecified atom stereocenters. The van der Waals surface area contributed by atoms with Crippen molar-refractivity contribution in [3.05, 3.63) is 78.0 Å². The molecule has 3 heterocycles. The number of carbonyl (C=O) groups is 1. The third-order valence-corrected chi connectivity index (χ3v) is 5.70. The van der Waals surface area contributed by atoms with E-state index < -0.39 is 12.1 Å². The number of amides is 2. The van der Waals surface area contributed by atoms with Gasteiger partial charge in [-0.1, -0.05) is 24.3 Å². The molecule has 7 nitrogen and oxygen atoms in total. The summed E-state index contributed by atoms with van der Waals surface area (Å²) in [6.45, 7) is 2.95. The zero-order valence-corrected chi connectivity index (χ0v) is 17.9. The van der Waals surface area contributed by atoms with Crippen molar-refractivity contribution in [1.29, 1.82) is 0 Å². The zero-order valence-electron chi connectivity index (χ0n) is 17.9. The lowest BCUT2D eigenvalue weighted by molar-refractivity contribution is -0.669. The molecule has 2 aliphatic rings. The Hall–Kier alpha value is -4.00. The van der Waals surface area contributed by atoms with Crippen LogP contribution in [0.15, 0.2) is 76.7 Å². The van der Waals surface area contributed by atoms with Crippen molar-refractivity contribution in [2.45, 2.75) is 25.6 Å². The van der Waals surface area contributed by atoms with Crippen LogP contribution in [-0.4, -0.2) is 31.0 Å². The number of benzene rings is 2. The van der Waals surface area contributed by atoms with E-state index in [1.54, 1.807) is 7.11 Å². The molecule has 2 amide bonds. The molecule has 2 aliphatic heterocycles. The highest BCUT2D eigenvalue weighted by atomic mass is 16.5. The van der Waals surface area contributed by atoms with Crippen molar-refractivity contribution >= 4 is 34.8 Å². The number of para-hydroxylation sites is 1. The molecule has 0 radical (unpaired) electrons. The van der Waals surface area contributed by atoms with Crippen LogP contribution in [0.4, 0.5) is 4.79 Å².